The molecule has 3 N–H and O–H groups in total. The van der Waals surface area contributed by atoms with Crippen molar-refractivity contribution in [2.45, 2.75) is 20.4 Å². The maximum absolute atomic E-state index is 12.4. The van der Waals surface area contributed by atoms with E-state index in [1.807, 2.05) is 6.07 Å². The van der Waals surface area contributed by atoms with Crippen molar-refractivity contribution in [1.82, 2.24) is 4.57 Å². The number of aliphatic hydroxyl groups excluding tert-OH is 1. The second kappa shape index (κ2) is 6.93. The van der Waals surface area contributed by atoms with Crippen LogP contribution in [-0.2, 0) is 6.54 Å². The highest BCUT2D eigenvalue weighted by Crippen LogP contribution is 2.28. The summed E-state index contributed by atoms with van der Waals surface area (Å²) >= 11 is 0. The Kier molecular flexibility index (Phi) is 4.96. The monoisotopic (exact) mass is 328 g/mol. The van der Waals surface area contributed by atoms with E-state index >= 15 is 0 Å². The van der Waals surface area contributed by atoms with Gasteiger partial charge in [-0.15, -0.1) is 5.11 Å². The zero-order chi connectivity index (χ0) is 17.9. The number of aliphatic hydroxyl groups is 1. The van der Waals surface area contributed by atoms with Crippen LogP contribution in [-0.4, -0.2) is 26.5 Å². The lowest BCUT2D eigenvalue weighted by atomic mass is 10.1. The van der Waals surface area contributed by atoms with Crippen LogP contribution in [0.4, 0.5) is 11.4 Å². The van der Waals surface area contributed by atoms with Crippen LogP contribution < -0.4 is 5.56 Å². The topological polar surface area (TPSA) is 131 Å². The molecule has 8 nitrogen and oxygen atoms in total. The molecule has 0 aliphatic heterocycles. The maximum Gasteiger partial charge on any atom is 0.281 e. The molecule has 1 aromatic carbocycles. The third-order valence-corrected chi connectivity index (χ3v) is 3.53. The van der Waals surface area contributed by atoms with Crippen LogP contribution in [0.1, 0.15) is 16.7 Å². The predicted octanol–water partition coefficient (Wildman–Crippen LogP) is 2.16. The van der Waals surface area contributed by atoms with E-state index < -0.39 is 11.4 Å². The van der Waals surface area contributed by atoms with Crippen molar-refractivity contribution in [2.75, 3.05) is 6.61 Å². The second-order valence-corrected chi connectivity index (χ2v) is 5.14. The van der Waals surface area contributed by atoms with Gasteiger partial charge in [0.25, 0.3) is 5.56 Å². The standard InChI is InChI=1S/C16H16N4O4/c1-9-7-11(22)3-4-13(9)18-19-14-10(2)12(8-17)15(23)20(5-6-21)16(14)24/h3-4,7,21-23H,5-6H2,1-2H3. The van der Waals surface area contributed by atoms with E-state index in [1.54, 1.807) is 13.0 Å². The quantitative estimate of drug-likeness (QED) is 0.740. The normalized spacial score (nSPS) is 10.9. The van der Waals surface area contributed by atoms with Crippen molar-refractivity contribution in [1.29, 1.82) is 5.26 Å². The fraction of sp³-hybridized carbons (Fsp3) is 0.250. The number of azo groups is 1. The molecular formula is C16H16N4O4. The molecule has 2 aromatic rings. The van der Waals surface area contributed by atoms with Gasteiger partial charge in [-0.1, -0.05) is 0 Å². The Morgan fingerprint density at radius 2 is 1.96 bits per heavy atom. The maximum atomic E-state index is 12.4. The minimum atomic E-state index is -0.654. The van der Waals surface area contributed by atoms with Gasteiger partial charge in [0.2, 0.25) is 5.88 Å². The van der Waals surface area contributed by atoms with Gasteiger partial charge in [0, 0.05) is 5.56 Å². The van der Waals surface area contributed by atoms with Crippen LogP contribution in [0, 0.1) is 25.2 Å². The highest BCUT2D eigenvalue weighted by molar-refractivity contribution is 5.57. The largest absolute Gasteiger partial charge is 0.508 e. The Balaban J connectivity index is 2.62. The highest BCUT2D eigenvalue weighted by Gasteiger charge is 2.18. The van der Waals surface area contributed by atoms with Crippen LogP contribution in [0.5, 0.6) is 11.6 Å². The van der Waals surface area contributed by atoms with Crippen molar-refractivity contribution < 1.29 is 15.3 Å². The summed E-state index contributed by atoms with van der Waals surface area (Å²) in [5.74, 6) is -0.418. The van der Waals surface area contributed by atoms with Crippen molar-refractivity contribution >= 4 is 11.4 Å². The number of phenols is 1. The van der Waals surface area contributed by atoms with Crippen molar-refractivity contribution in [3.8, 4) is 17.7 Å². The summed E-state index contributed by atoms with van der Waals surface area (Å²) in [6.07, 6.45) is 0. The summed E-state index contributed by atoms with van der Waals surface area (Å²) in [6.45, 7) is 2.67. The van der Waals surface area contributed by atoms with E-state index in [-0.39, 0.29) is 35.7 Å². The van der Waals surface area contributed by atoms with Crippen LogP contribution >= 0.6 is 0 Å². The van der Waals surface area contributed by atoms with Gasteiger partial charge in [0.05, 0.1) is 18.8 Å². The average Bonchev–Trinajstić information content (AvgIpc) is 2.53. The molecule has 0 radical (unpaired) electrons. The molecule has 0 aliphatic carbocycles. The number of nitriles is 1. The number of nitrogens with zero attached hydrogens (tertiary/aromatic N) is 4. The van der Waals surface area contributed by atoms with E-state index in [1.165, 1.54) is 19.1 Å². The average molecular weight is 328 g/mol. The number of benzene rings is 1. The smallest absolute Gasteiger partial charge is 0.281 e. The van der Waals surface area contributed by atoms with Gasteiger partial charge in [-0.05, 0) is 37.6 Å². The number of rotatable bonds is 4. The van der Waals surface area contributed by atoms with E-state index in [0.717, 1.165) is 4.57 Å². The second-order valence-electron chi connectivity index (χ2n) is 5.14. The molecular weight excluding hydrogens is 312 g/mol. The SMILES string of the molecule is Cc1cc(O)ccc1N=Nc1c(C)c(C#N)c(O)n(CCO)c1=O. The number of hydrogen-bond acceptors (Lipinski definition) is 7. The van der Waals surface area contributed by atoms with Gasteiger partial charge in [0.1, 0.15) is 17.4 Å². The van der Waals surface area contributed by atoms with Crippen LogP contribution in [0.2, 0.25) is 0 Å². The van der Waals surface area contributed by atoms with Crippen molar-refractivity contribution in [3.63, 3.8) is 0 Å². The molecule has 0 bridgehead atoms. The first-order chi connectivity index (χ1) is 11.4. The van der Waals surface area contributed by atoms with E-state index in [9.17, 15) is 20.3 Å². The van der Waals surface area contributed by atoms with Crippen LogP contribution in [0.25, 0.3) is 0 Å². The Morgan fingerprint density at radius 3 is 2.54 bits per heavy atom. The molecule has 1 heterocycles. The number of aromatic hydroxyl groups is 2. The highest BCUT2D eigenvalue weighted by atomic mass is 16.3. The molecule has 0 spiro atoms. The first-order valence-corrected chi connectivity index (χ1v) is 7.09. The van der Waals surface area contributed by atoms with Gasteiger partial charge >= 0.3 is 0 Å². The van der Waals surface area contributed by atoms with Gasteiger partial charge < -0.3 is 15.3 Å². The Labute approximate surface area is 137 Å². The summed E-state index contributed by atoms with van der Waals surface area (Å²) in [5.41, 5.74) is 0.468. The van der Waals surface area contributed by atoms with Gasteiger partial charge in [-0.2, -0.15) is 10.4 Å². The fourth-order valence-electron chi connectivity index (χ4n) is 2.22. The minimum Gasteiger partial charge on any atom is -0.508 e. The molecule has 0 amide bonds. The molecule has 2 rings (SSSR count). The third kappa shape index (κ3) is 3.11. The summed E-state index contributed by atoms with van der Waals surface area (Å²) in [6, 6.07) is 6.31. The zero-order valence-corrected chi connectivity index (χ0v) is 13.2. The minimum absolute atomic E-state index is 0.0873. The molecule has 0 saturated carbocycles. The van der Waals surface area contributed by atoms with Gasteiger partial charge in [0.15, 0.2) is 5.69 Å². The number of pyridine rings is 1. The molecule has 1 aromatic heterocycles. The molecule has 124 valence electrons. The Hall–Kier alpha value is -3.18. The summed E-state index contributed by atoms with van der Waals surface area (Å²) in [5, 5.41) is 45.5. The van der Waals surface area contributed by atoms with E-state index in [2.05, 4.69) is 10.2 Å². The fourth-order valence-corrected chi connectivity index (χ4v) is 2.22. The lowest BCUT2D eigenvalue weighted by Gasteiger charge is -2.11. The molecule has 24 heavy (non-hydrogen) atoms. The van der Waals surface area contributed by atoms with Gasteiger partial charge in [-0.3, -0.25) is 9.36 Å². The van der Waals surface area contributed by atoms with Crippen LogP contribution in [0.15, 0.2) is 33.2 Å². The molecule has 0 fully saturated rings. The van der Waals surface area contributed by atoms with Crippen molar-refractivity contribution in [3.05, 3.63) is 45.2 Å². The number of aromatic nitrogens is 1. The lowest BCUT2D eigenvalue weighted by molar-refractivity contribution is 0.263. The Bertz CT molecular complexity index is 910. The van der Waals surface area contributed by atoms with Crippen LogP contribution in [0.3, 0.4) is 0 Å². The van der Waals surface area contributed by atoms with E-state index in [4.69, 9.17) is 5.11 Å². The summed E-state index contributed by atoms with van der Waals surface area (Å²) in [4.78, 5) is 12.4. The molecule has 0 aliphatic rings. The number of aryl methyl sites for hydroxylation is 1. The first-order valence-electron chi connectivity index (χ1n) is 7.09. The van der Waals surface area contributed by atoms with Crippen molar-refractivity contribution in [2.24, 2.45) is 10.2 Å². The third-order valence-electron chi connectivity index (χ3n) is 3.53. The summed E-state index contributed by atoms with van der Waals surface area (Å²) < 4.78 is 0.879. The molecule has 8 heteroatoms. The Morgan fingerprint density at radius 1 is 1.25 bits per heavy atom. The van der Waals surface area contributed by atoms with E-state index in [0.29, 0.717) is 11.3 Å². The number of phenolic OH excluding ortho intramolecular Hbond substituents is 1. The zero-order valence-electron chi connectivity index (χ0n) is 13.2. The first kappa shape index (κ1) is 17.2. The predicted molar refractivity (Wildman–Crippen MR) is 85.9 cm³/mol. The molecule has 0 unspecified atom stereocenters. The lowest BCUT2D eigenvalue weighted by Crippen LogP contribution is -2.23. The molecule has 0 atom stereocenters. The molecule has 0 saturated heterocycles. The summed E-state index contributed by atoms with van der Waals surface area (Å²) in [7, 11) is 0. The number of hydrogen-bond donors (Lipinski definition) is 3. The van der Waals surface area contributed by atoms with Gasteiger partial charge in [-0.25, -0.2) is 0 Å².